The third-order valence-corrected chi connectivity index (χ3v) is 2.42. The molecule has 1 N–H and O–H groups in total. The average Bonchev–Trinajstić information content (AvgIpc) is 2.10. The molecule has 0 spiro atoms. The lowest BCUT2D eigenvalue weighted by atomic mass is 9.91. The second kappa shape index (κ2) is 6.02. The fourth-order valence-electron chi connectivity index (χ4n) is 1.70. The van der Waals surface area contributed by atoms with Crippen LogP contribution in [0.2, 0.25) is 0 Å². The maximum absolute atomic E-state index is 4.14. The number of rotatable bonds is 5. The molecule has 0 unspecified atom stereocenters. The number of hydrogen-bond acceptors (Lipinski definition) is 1. The molecule has 0 saturated carbocycles. The third-order valence-electron chi connectivity index (χ3n) is 2.42. The Hall–Kier alpha value is -1.08. The summed E-state index contributed by atoms with van der Waals surface area (Å²) in [5, 5.41) is 3.56. The minimum atomic E-state index is -0.108. The Morgan fingerprint density at radius 3 is 2.00 bits per heavy atom. The molecule has 1 nitrogen and oxygen atoms in total. The van der Waals surface area contributed by atoms with E-state index in [-0.39, 0.29) is 11.1 Å². The highest BCUT2D eigenvalue weighted by Crippen LogP contribution is 2.19. The molecule has 0 rings (SSSR count). The maximum atomic E-state index is 4.14. The van der Waals surface area contributed by atoms with Crippen molar-refractivity contribution >= 4 is 0 Å². The first-order valence-corrected chi connectivity index (χ1v) is 6.04. The van der Waals surface area contributed by atoms with E-state index in [1.807, 2.05) is 6.08 Å². The van der Waals surface area contributed by atoms with Gasteiger partial charge < -0.3 is 5.32 Å². The molecule has 17 heavy (non-hydrogen) atoms. The van der Waals surface area contributed by atoms with Gasteiger partial charge >= 0.3 is 0 Å². The van der Waals surface area contributed by atoms with E-state index in [9.17, 15) is 0 Å². The minimum absolute atomic E-state index is 0.0757. The monoisotopic (exact) mass is 233 g/mol. The Morgan fingerprint density at radius 2 is 1.59 bits per heavy atom. The number of nitrogens with one attached hydrogen (secondary N) is 1. The lowest BCUT2D eigenvalue weighted by molar-refractivity contribution is 0.322. The first kappa shape index (κ1) is 15.9. The summed E-state index contributed by atoms with van der Waals surface area (Å²) in [5.41, 5.74) is 2.21. The molecule has 0 radical (unpaired) electrons. The zero-order valence-corrected chi connectivity index (χ0v) is 12.2. The smallest absolute Gasteiger partial charge is 0.0375 e. The fourth-order valence-corrected chi connectivity index (χ4v) is 1.70. The Balaban J connectivity index is 4.71. The van der Waals surface area contributed by atoms with E-state index in [4.69, 9.17) is 0 Å². The van der Waals surface area contributed by atoms with Crippen molar-refractivity contribution in [3.8, 4) is 0 Å². The first-order valence-electron chi connectivity index (χ1n) is 6.04. The van der Waals surface area contributed by atoms with Crippen LogP contribution in [0.3, 0.4) is 0 Å². The van der Waals surface area contributed by atoms with Gasteiger partial charge in [0.25, 0.3) is 0 Å². The van der Waals surface area contributed by atoms with E-state index in [1.54, 1.807) is 6.08 Å². The quantitative estimate of drug-likeness (QED) is 0.694. The Labute approximate surface area is 107 Å². The van der Waals surface area contributed by atoms with Crippen molar-refractivity contribution in [1.29, 1.82) is 0 Å². The van der Waals surface area contributed by atoms with Crippen molar-refractivity contribution < 1.29 is 0 Å². The molecule has 1 heteroatoms. The van der Waals surface area contributed by atoms with Crippen LogP contribution in [0.1, 0.15) is 41.5 Å². The van der Waals surface area contributed by atoms with Gasteiger partial charge in [-0.3, -0.25) is 0 Å². The van der Waals surface area contributed by atoms with Gasteiger partial charge in [0.05, 0.1) is 0 Å². The van der Waals surface area contributed by atoms with Gasteiger partial charge in [0.15, 0.2) is 0 Å². The van der Waals surface area contributed by atoms with E-state index in [1.165, 1.54) is 5.57 Å². The van der Waals surface area contributed by atoms with Crippen molar-refractivity contribution in [2.45, 2.75) is 52.6 Å². The molecule has 0 aromatic heterocycles. The maximum Gasteiger partial charge on any atom is 0.0375 e. The van der Waals surface area contributed by atoms with Crippen molar-refractivity contribution in [2.75, 3.05) is 0 Å². The van der Waals surface area contributed by atoms with Crippen LogP contribution in [0.15, 0.2) is 48.6 Å². The molecule has 0 saturated heterocycles. The topological polar surface area (TPSA) is 12.0 Å². The summed E-state index contributed by atoms with van der Waals surface area (Å²) in [4.78, 5) is 0. The van der Waals surface area contributed by atoms with Crippen LogP contribution in [0.4, 0.5) is 0 Å². The summed E-state index contributed by atoms with van der Waals surface area (Å²) in [7, 11) is 0. The summed E-state index contributed by atoms with van der Waals surface area (Å²) in [6, 6.07) is 0. The zero-order valence-electron chi connectivity index (χ0n) is 12.2. The third kappa shape index (κ3) is 6.96. The highest BCUT2D eigenvalue weighted by Gasteiger charge is 2.25. The van der Waals surface area contributed by atoms with Gasteiger partial charge in [0, 0.05) is 11.1 Å². The van der Waals surface area contributed by atoms with Crippen molar-refractivity contribution in [3.63, 3.8) is 0 Å². The van der Waals surface area contributed by atoms with Gasteiger partial charge in [-0.15, -0.1) is 0 Å². The fraction of sp³-hybridized carbons (Fsp3) is 0.500. The second-order valence-electron chi connectivity index (χ2n) is 6.00. The number of allylic oxidation sites excluding steroid dienone is 4. The normalized spacial score (nSPS) is 14.1. The molecule has 0 aliphatic rings. The molecule has 0 aliphatic carbocycles. The van der Waals surface area contributed by atoms with E-state index in [0.717, 1.165) is 5.57 Å². The van der Waals surface area contributed by atoms with Crippen LogP contribution in [-0.2, 0) is 0 Å². The van der Waals surface area contributed by atoms with Crippen molar-refractivity contribution in [2.24, 2.45) is 0 Å². The van der Waals surface area contributed by atoms with Gasteiger partial charge in [0.1, 0.15) is 0 Å². The molecule has 96 valence electrons. The van der Waals surface area contributed by atoms with Crippen molar-refractivity contribution in [1.82, 2.24) is 5.32 Å². The van der Waals surface area contributed by atoms with Crippen LogP contribution in [0, 0.1) is 0 Å². The SMILES string of the molecule is C=C/C=C(C)\C=C/C(=C)C(C)(C)NC(C)(C)C. The van der Waals surface area contributed by atoms with Gasteiger partial charge in [-0.05, 0) is 47.1 Å². The highest BCUT2D eigenvalue weighted by molar-refractivity contribution is 5.32. The average molecular weight is 233 g/mol. The minimum Gasteiger partial charge on any atom is -0.303 e. The summed E-state index contributed by atoms with van der Waals surface area (Å²) in [5.74, 6) is 0. The molecule has 0 heterocycles. The zero-order chi connectivity index (χ0) is 13.7. The summed E-state index contributed by atoms with van der Waals surface area (Å²) < 4.78 is 0. The standard InChI is InChI=1S/C16H27N/c1-9-10-13(2)11-12-14(3)16(7,8)17-15(4,5)6/h9-12,17H,1,3H2,2,4-8H3/b12-11-,13-10-. The lowest BCUT2D eigenvalue weighted by Gasteiger charge is -2.35. The summed E-state index contributed by atoms with van der Waals surface area (Å²) in [6.45, 7) is 20.7. The molecule has 0 amide bonds. The molecule has 0 atom stereocenters. The van der Waals surface area contributed by atoms with Gasteiger partial charge in [-0.25, -0.2) is 0 Å². The van der Waals surface area contributed by atoms with E-state index >= 15 is 0 Å². The lowest BCUT2D eigenvalue weighted by Crippen LogP contribution is -2.50. The van der Waals surface area contributed by atoms with Crippen LogP contribution < -0.4 is 5.32 Å². The first-order chi connectivity index (χ1) is 7.58. The van der Waals surface area contributed by atoms with Crippen LogP contribution in [-0.4, -0.2) is 11.1 Å². The van der Waals surface area contributed by atoms with Gasteiger partial charge in [-0.2, -0.15) is 0 Å². The highest BCUT2D eigenvalue weighted by atomic mass is 15.0. The predicted molar refractivity (Wildman–Crippen MR) is 79.2 cm³/mol. The number of hydrogen-bond donors (Lipinski definition) is 1. The van der Waals surface area contributed by atoms with Crippen molar-refractivity contribution in [3.05, 3.63) is 48.6 Å². The molecule has 0 bridgehead atoms. The Bertz CT molecular complexity index is 335. The van der Waals surface area contributed by atoms with E-state index < -0.39 is 0 Å². The second-order valence-corrected chi connectivity index (χ2v) is 6.00. The molecule has 0 aromatic rings. The molecule has 0 fully saturated rings. The summed E-state index contributed by atoms with van der Waals surface area (Å²) >= 11 is 0. The van der Waals surface area contributed by atoms with E-state index in [2.05, 4.69) is 72.2 Å². The van der Waals surface area contributed by atoms with Crippen LogP contribution in [0.5, 0.6) is 0 Å². The predicted octanol–water partition coefficient (Wildman–Crippen LogP) is 4.40. The van der Waals surface area contributed by atoms with Gasteiger partial charge in [0.2, 0.25) is 0 Å². The Morgan fingerprint density at radius 1 is 1.06 bits per heavy atom. The molecular weight excluding hydrogens is 206 g/mol. The van der Waals surface area contributed by atoms with Crippen LogP contribution >= 0.6 is 0 Å². The van der Waals surface area contributed by atoms with Crippen LogP contribution in [0.25, 0.3) is 0 Å². The summed E-state index contributed by atoms with van der Waals surface area (Å²) in [6.07, 6.45) is 7.90. The largest absolute Gasteiger partial charge is 0.303 e. The molecular formula is C16H27N. The van der Waals surface area contributed by atoms with Gasteiger partial charge in [-0.1, -0.05) is 43.0 Å². The Kier molecular flexibility index (Phi) is 5.63. The molecule has 0 aromatic carbocycles. The van der Waals surface area contributed by atoms with E-state index in [0.29, 0.717) is 0 Å². The molecule has 0 aliphatic heterocycles.